The van der Waals surface area contributed by atoms with Crippen LogP contribution in [0.3, 0.4) is 0 Å². The maximum absolute atomic E-state index is 13.2. The van der Waals surface area contributed by atoms with Gasteiger partial charge in [-0.1, -0.05) is 18.2 Å². The highest BCUT2D eigenvalue weighted by molar-refractivity contribution is 5.95. The van der Waals surface area contributed by atoms with Crippen LogP contribution in [-0.2, 0) is 25.6 Å². The predicted octanol–water partition coefficient (Wildman–Crippen LogP) is 2.76. The Morgan fingerprint density at radius 1 is 1.16 bits per heavy atom. The number of nitrogens with one attached hydrogen (secondary N) is 2. The molecule has 2 aromatic rings. The van der Waals surface area contributed by atoms with Gasteiger partial charge < -0.3 is 34.7 Å². The minimum Gasteiger partial charge on any atom is -0.496 e. The third-order valence-electron chi connectivity index (χ3n) is 7.42. The van der Waals surface area contributed by atoms with E-state index in [-0.39, 0.29) is 36.9 Å². The Labute approximate surface area is 216 Å². The Kier molecular flexibility index (Phi) is 7.93. The zero-order chi connectivity index (χ0) is 25.8. The number of methoxy groups -OCH3 is 1. The maximum atomic E-state index is 13.2. The summed E-state index contributed by atoms with van der Waals surface area (Å²) in [4.78, 5) is 26.0. The van der Waals surface area contributed by atoms with Gasteiger partial charge in [0.2, 0.25) is 11.8 Å². The fourth-order valence-corrected chi connectivity index (χ4v) is 5.58. The molecule has 2 amide bonds. The number of para-hydroxylation sites is 1. The van der Waals surface area contributed by atoms with Crippen molar-refractivity contribution in [2.75, 3.05) is 32.2 Å². The third-order valence-corrected chi connectivity index (χ3v) is 7.42. The first-order valence-electron chi connectivity index (χ1n) is 12.9. The number of amides is 2. The lowest BCUT2D eigenvalue weighted by Gasteiger charge is -2.40. The molecule has 37 heavy (non-hydrogen) atoms. The number of aliphatic hydroxyl groups is 1. The molecular weight excluding hydrogens is 476 g/mol. The highest BCUT2D eigenvalue weighted by Gasteiger charge is 2.46. The average Bonchev–Trinajstić information content (AvgIpc) is 3.03. The monoisotopic (exact) mass is 510 g/mol. The summed E-state index contributed by atoms with van der Waals surface area (Å²) in [5.74, 6) is 0.240. The van der Waals surface area contributed by atoms with Crippen LogP contribution in [0, 0.1) is 5.92 Å². The van der Waals surface area contributed by atoms with Crippen molar-refractivity contribution in [1.29, 1.82) is 0 Å². The largest absolute Gasteiger partial charge is 0.496 e. The van der Waals surface area contributed by atoms with Crippen molar-refractivity contribution < 1.29 is 33.6 Å². The Bertz CT molecular complexity index is 1120. The SMILES string of the molecule is COc1ccccc1CNC(=O)C[C@@H]1C[C@H]2c3cc(ccc3OC3CCOCC3)NC(=O)[C@H]2[C@@H](CO)O1. The number of benzene rings is 2. The van der Waals surface area contributed by atoms with E-state index in [2.05, 4.69) is 10.6 Å². The predicted molar refractivity (Wildman–Crippen MR) is 136 cm³/mol. The van der Waals surface area contributed by atoms with Crippen LogP contribution in [0.5, 0.6) is 11.5 Å². The first kappa shape index (κ1) is 25.5. The summed E-state index contributed by atoms with van der Waals surface area (Å²) in [7, 11) is 1.60. The van der Waals surface area contributed by atoms with Gasteiger partial charge in [0, 0.05) is 42.1 Å². The topological polar surface area (TPSA) is 115 Å². The minimum atomic E-state index is -0.726. The van der Waals surface area contributed by atoms with Crippen LogP contribution >= 0.6 is 0 Å². The molecule has 0 saturated carbocycles. The summed E-state index contributed by atoms with van der Waals surface area (Å²) in [6.07, 6.45) is 1.06. The maximum Gasteiger partial charge on any atom is 0.230 e. The van der Waals surface area contributed by atoms with Gasteiger partial charge in [0.05, 0.1) is 51.5 Å². The van der Waals surface area contributed by atoms with Crippen molar-refractivity contribution in [3.05, 3.63) is 53.6 Å². The van der Waals surface area contributed by atoms with E-state index in [1.54, 1.807) is 7.11 Å². The summed E-state index contributed by atoms with van der Waals surface area (Å²) in [5.41, 5.74) is 2.48. The van der Waals surface area contributed by atoms with Crippen LogP contribution in [0.2, 0.25) is 0 Å². The zero-order valence-electron chi connectivity index (χ0n) is 21.0. The molecule has 0 spiro atoms. The second-order valence-corrected chi connectivity index (χ2v) is 9.81. The number of hydrogen-bond donors (Lipinski definition) is 3. The molecule has 3 aliphatic heterocycles. The molecule has 2 bridgehead atoms. The van der Waals surface area contributed by atoms with E-state index in [1.807, 2.05) is 42.5 Å². The van der Waals surface area contributed by atoms with Gasteiger partial charge in [0.1, 0.15) is 17.6 Å². The van der Waals surface area contributed by atoms with Crippen LogP contribution in [0.15, 0.2) is 42.5 Å². The van der Waals surface area contributed by atoms with Crippen LogP contribution in [0.4, 0.5) is 5.69 Å². The highest BCUT2D eigenvalue weighted by Crippen LogP contribution is 2.46. The van der Waals surface area contributed by atoms with E-state index in [0.717, 1.165) is 29.7 Å². The van der Waals surface area contributed by atoms with Gasteiger partial charge in [-0.3, -0.25) is 9.59 Å². The summed E-state index contributed by atoms with van der Waals surface area (Å²) in [6, 6.07) is 13.2. The molecule has 2 fully saturated rings. The minimum absolute atomic E-state index is 0.0474. The Balaban J connectivity index is 1.32. The van der Waals surface area contributed by atoms with E-state index in [9.17, 15) is 14.7 Å². The Hall–Kier alpha value is -3.14. The molecule has 9 heteroatoms. The molecule has 0 unspecified atom stereocenters. The molecule has 2 aromatic carbocycles. The lowest BCUT2D eigenvalue weighted by Crippen LogP contribution is -2.48. The van der Waals surface area contributed by atoms with Gasteiger partial charge in [0.15, 0.2) is 0 Å². The number of rotatable bonds is 8. The van der Waals surface area contributed by atoms with E-state index in [1.165, 1.54) is 0 Å². The van der Waals surface area contributed by atoms with Gasteiger partial charge in [0.25, 0.3) is 0 Å². The number of carbonyl (C=O) groups is 2. The van der Waals surface area contributed by atoms with Crippen molar-refractivity contribution in [2.45, 2.75) is 56.5 Å². The van der Waals surface area contributed by atoms with E-state index in [0.29, 0.717) is 37.6 Å². The standard InChI is InChI=1S/C28H34N2O7/c1-34-23-5-3-2-4-17(23)15-29-26(32)14-20-13-22-21-12-18(30-28(33)27(22)25(16-31)37-20)6-7-24(21)36-19-8-10-35-11-9-19/h2-7,12,19-20,22,25,27,31H,8-11,13-16H2,1H3,(H,29,32)(H,30,33)/t20-,22-,25+,27+/m0/s1. The van der Waals surface area contributed by atoms with Crippen molar-refractivity contribution in [1.82, 2.24) is 5.32 Å². The van der Waals surface area contributed by atoms with Crippen LogP contribution in [0.1, 0.15) is 42.7 Å². The zero-order valence-corrected chi connectivity index (χ0v) is 21.0. The van der Waals surface area contributed by atoms with Crippen molar-refractivity contribution in [3.63, 3.8) is 0 Å². The number of carbonyl (C=O) groups excluding carboxylic acids is 2. The lowest BCUT2D eigenvalue weighted by molar-refractivity contribution is -0.148. The van der Waals surface area contributed by atoms with E-state index < -0.39 is 18.1 Å². The van der Waals surface area contributed by atoms with Crippen LogP contribution < -0.4 is 20.1 Å². The normalized spacial score (nSPS) is 25.4. The molecule has 198 valence electrons. The molecule has 3 heterocycles. The first-order chi connectivity index (χ1) is 18.1. The number of anilines is 1. The number of aliphatic hydroxyl groups excluding tert-OH is 1. The molecular formula is C28H34N2O7. The molecule has 0 aliphatic carbocycles. The van der Waals surface area contributed by atoms with Crippen molar-refractivity contribution in [3.8, 4) is 11.5 Å². The molecule has 9 nitrogen and oxygen atoms in total. The summed E-state index contributed by atoms with van der Waals surface area (Å²) in [6.45, 7) is 1.34. The highest BCUT2D eigenvalue weighted by atomic mass is 16.5. The number of fused-ring (bicyclic) bond motifs is 4. The fourth-order valence-electron chi connectivity index (χ4n) is 5.58. The first-order valence-corrected chi connectivity index (χ1v) is 12.9. The van der Waals surface area contributed by atoms with Crippen molar-refractivity contribution in [2.24, 2.45) is 5.92 Å². The number of hydrogen-bond acceptors (Lipinski definition) is 7. The van der Waals surface area contributed by atoms with Gasteiger partial charge in [-0.05, 0) is 30.7 Å². The van der Waals surface area contributed by atoms with E-state index in [4.69, 9.17) is 18.9 Å². The molecule has 4 atom stereocenters. The van der Waals surface area contributed by atoms with Gasteiger partial charge >= 0.3 is 0 Å². The average molecular weight is 511 g/mol. The number of ether oxygens (including phenoxy) is 4. The van der Waals surface area contributed by atoms with Gasteiger partial charge in [-0.25, -0.2) is 0 Å². The molecule has 0 radical (unpaired) electrons. The molecule has 3 N–H and O–H groups in total. The summed E-state index contributed by atoms with van der Waals surface area (Å²) < 4.78 is 23.3. The Morgan fingerprint density at radius 2 is 1.97 bits per heavy atom. The molecule has 5 rings (SSSR count). The smallest absolute Gasteiger partial charge is 0.230 e. The van der Waals surface area contributed by atoms with Crippen molar-refractivity contribution >= 4 is 17.5 Å². The molecule has 3 aliphatic rings. The molecule has 0 aromatic heterocycles. The fraction of sp³-hybridized carbons (Fsp3) is 0.500. The summed E-state index contributed by atoms with van der Waals surface area (Å²) in [5, 5.41) is 16.0. The van der Waals surface area contributed by atoms with Gasteiger partial charge in [-0.15, -0.1) is 0 Å². The summed E-state index contributed by atoms with van der Waals surface area (Å²) >= 11 is 0. The third kappa shape index (κ3) is 5.74. The quantitative estimate of drug-likeness (QED) is 0.500. The van der Waals surface area contributed by atoms with E-state index >= 15 is 0 Å². The van der Waals surface area contributed by atoms with Gasteiger partial charge in [-0.2, -0.15) is 0 Å². The van der Waals surface area contributed by atoms with Crippen LogP contribution in [0.25, 0.3) is 0 Å². The lowest BCUT2D eigenvalue weighted by atomic mass is 9.76. The molecule has 2 saturated heterocycles. The second-order valence-electron chi connectivity index (χ2n) is 9.81. The Morgan fingerprint density at radius 3 is 2.76 bits per heavy atom. The van der Waals surface area contributed by atoms with Crippen LogP contribution in [-0.4, -0.2) is 62.2 Å². The second kappa shape index (κ2) is 11.5.